The quantitative estimate of drug-likeness (QED) is 0.334. The van der Waals surface area contributed by atoms with Crippen LogP contribution in [0, 0.1) is 13.8 Å². The molecule has 2 aromatic carbocycles. The third kappa shape index (κ3) is 5.69. The lowest BCUT2D eigenvalue weighted by Crippen LogP contribution is -2.26. The van der Waals surface area contributed by atoms with Gasteiger partial charge in [-0.3, -0.25) is 4.79 Å². The lowest BCUT2D eigenvalue weighted by molar-refractivity contribution is -0.121. The second-order valence-electron chi connectivity index (χ2n) is 8.22. The first-order valence-electron chi connectivity index (χ1n) is 11.2. The van der Waals surface area contributed by atoms with Crippen molar-refractivity contribution >= 4 is 17.2 Å². The molecule has 0 saturated carbocycles. The van der Waals surface area contributed by atoms with E-state index in [9.17, 15) is 4.79 Å². The molecular formula is C26H28N4O3S. The second kappa shape index (κ2) is 10.6. The Labute approximate surface area is 203 Å². The zero-order valence-corrected chi connectivity index (χ0v) is 20.6. The number of rotatable bonds is 9. The number of carbonyl (C=O) groups is 1. The zero-order valence-electron chi connectivity index (χ0n) is 19.8. The summed E-state index contributed by atoms with van der Waals surface area (Å²) in [5.74, 6) is 1.81. The van der Waals surface area contributed by atoms with Crippen LogP contribution in [-0.4, -0.2) is 28.1 Å². The molecule has 4 rings (SSSR count). The van der Waals surface area contributed by atoms with Crippen LogP contribution >= 0.6 is 11.3 Å². The topological polar surface area (TPSA) is 90.1 Å². The van der Waals surface area contributed by atoms with E-state index < -0.39 is 0 Å². The van der Waals surface area contributed by atoms with Crippen LogP contribution in [0.2, 0.25) is 0 Å². The lowest BCUT2D eigenvalue weighted by Gasteiger charge is -2.12. The summed E-state index contributed by atoms with van der Waals surface area (Å²) in [6.45, 7) is 6.05. The number of ether oxygens (including phenoxy) is 1. The SMILES string of the molecule is COc1ccc(-c2noc(CCCC(=O)NC(C)c3sc(-c4ccc(C)cc4)nc3C)n2)cc1. The van der Waals surface area contributed by atoms with Gasteiger partial charge in [0, 0.05) is 24.0 Å². The van der Waals surface area contributed by atoms with Crippen LogP contribution < -0.4 is 10.1 Å². The van der Waals surface area contributed by atoms with E-state index in [1.54, 1.807) is 18.4 Å². The van der Waals surface area contributed by atoms with Gasteiger partial charge < -0.3 is 14.6 Å². The Morgan fingerprint density at radius 3 is 2.47 bits per heavy atom. The van der Waals surface area contributed by atoms with Crippen LogP contribution in [0.25, 0.3) is 22.0 Å². The van der Waals surface area contributed by atoms with Gasteiger partial charge in [0.05, 0.1) is 23.7 Å². The van der Waals surface area contributed by atoms with E-state index in [4.69, 9.17) is 14.2 Å². The van der Waals surface area contributed by atoms with Gasteiger partial charge in [0.25, 0.3) is 0 Å². The van der Waals surface area contributed by atoms with Crippen molar-refractivity contribution in [2.45, 2.75) is 46.1 Å². The van der Waals surface area contributed by atoms with Crippen molar-refractivity contribution in [3.63, 3.8) is 0 Å². The van der Waals surface area contributed by atoms with E-state index in [1.807, 2.05) is 38.1 Å². The van der Waals surface area contributed by atoms with Crippen molar-refractivity contribution < 1.29 is 14.1 Å². The highest BCUT2D eigenvalue weighted by Crippen LogP contribution is 2.32. The van der Waals surface area contributed by atoms with Gasteiger partial charge in [-0.15, -0.1) is 11.3 Å². The predicted octanol–water partition coefficient (Wildman–Crippen LogP) is 5.69. The lowest BCUT2D eigenvalue weighted by atomic mass is 10.1. The maximum Gasteiger partial charge on any atom is 0.226 e. The molecule has 1 N–H and O–H groups in total. The van der Waals surface area contributed by atoms with Crippen LogP contribution in [0.1, 0.15) is 47.8 Å². The number of methoxy groups -OCH3 is 1. The molecule has 2 aromatic heterocycles. The molecule has 0 bridgehead atoms. The number of hydrogen-bond donors (Lipinski definition) is 1. The number of thiazole rings is 1. The first-order valence-corrected chi connectivity index (χ1v) is 12.1. The van der Waals surface area contributed by atoms with E-state index in [0.717, 1.165) is 32.5 Å². The minimum absolute atomic E-state index is 0.00733. The average molecular weight is 477 g/mol. The summed E-state index contributed by atoms with van der Waals surface area (Å²) in [4.78, 5) is 22.7. The smallest absolute Gasteiger partial charge is 0.226 e. The van der Waals surface area contributed by atoms with Crippen molar-refractivity contribution in [3.05, 3.63) is 70.6 Å². The Balaban J connectivity index is 1.28. The normalized spacial score (nSPS) is 11.9. The minimum atomic E-state index is -0.103. The van der Waals surface area contributed by atoms with Crippen molar-refractivity contribution in [3.8, 4) is 27.7 Å². The van der Waals surface area contributed by atoms with Gasteiger partial charge in [0.1, 0.15) is 10.8 Å². The molecule has 4 aromatic rings. The maximum atomic E-state index is 12.5. The molecule has 1 unspecified atom stereocenters. The van der Waals surface area contributed by atoms with Gasteiger partial charge in [-0.05, 0) is 51.5 Å². The fraction of sp³-hybridized carbons (Fsp3) is 0.308. The molecule has 1 atom stereocenters. The highest BCUT2D eigenvalue weighted by atomic mass is 32.1. The molecule has 0 radical (unpaired) electrons. The summed E-state index contributed by atoms with van der Waals surface area (Å²) < 4.78 is 10.5. The van der Waals surface area contributed by atoms with E-state index in [-0.39, 0.29) is 11.9 Å². The maximum absolute atomic E-state index is 12.5. The first kappa shape index (κ1) is 23.6. The van der Waals surface area contributed by atoms with Gasteiger partial charge >= 0.3 is 0 Å². The Hall–Kier alpha value is -3.52. The summed E-state index contributed by atoms with van der Waals surface area (Å²) in [5.41, 5.74) is 4.12. The largest absolute Gasteiger partial charge is 0.497 e. The molecule has 176 valence electrons. The molecular weight excluding hydrogens is 448 g/mol. The van der Waals surface area contributed by atoms with Crippen molar-refractivity contribution in [1.29, 1.82) is 0 Å². The summed E-state index contributed by atoms with van der Waals surface area (Å²) in [6.07, 6.45) is 1.55. The third-order valence-electron chi connectivity index (χ3n) is 5.51. The molecule has 8 heteroatoms. The number of benzene rings is 2. The van der Waals surface area contributed by atoms with Crippen molar-refractivity contribution in [1.82, 2.24) is 20.4 Å². The standard InChI is InChI=1S/C26H28N4O3S/c1-16-8-10-20(11-9-16)26-28-18(3)24(34-26)17(2)27-22(31)6-5-7-23-29-25(30-33-23)19-12-14-21(32-4)15-13-19/h8-15,17H,5-7H2,1-4H3,(H,27,31). The summed E-state index contributed by atoms with van der Waals surface area (Å²) in [6, 6.07) is 15.7. The average Bonchev–Trinajstić information content (AvgIpc) is 3.46. The molecule has 0 saturated heterocycles. The second-order valence-corrected chi connectivity index (χ2v) is 9.25. The minimum Gasteiger partial charge on any atom is -0.497 e. The van der Waals surface area contributed by atoms with E-state index in [2.05, 4.69) is 46.6 Å². The first-order chi connectivity index (χ1) is 16.4. The van der Waals surface area contributed by atoms with Gasteiger partial charge in [-0.25, -0.2) is 4.98 Å². The number of nitrogens with one attached hydrogen (secondary N) is 1. The van der Waals surface area contributed by atoms with Gasteiger partial charge in [-0.2, -0.15) is 4.98 Å². The van der Waals surface area contributed by atoms with E-state index >= 15 is 0 Å². The Morgan fingerprint density at radius 1 is 1.06 bits per heavy atom. The number of nitrogens with zero attached hydrogens (tertiary/aromatic N) is 3. The molecule has 0 spiro atoms. The number of carbonyl (C=O) groups excluding carboxylic acids is 1. The van der Waals surface area contributed by atoms with E-state index in [1.165, 1.54) is 5.56 Å². The molecule has 2 heterocycles. The fourth-order valence-electron chi connectivity index (χ4n) is 3.62. The van der Waals surface area contributed by atoms with Crippen LogP contribution in [-0.2, 0) is 11.2 Å². The molecule has 7 nitrogen and oxygen atoms in total. The number of hydrogen-bond acceptors (Lipinski definition) is 7. The van der Waals surface area contributed by atoms with Gasteiger partial charge in [-0.1, -0.05) is 35.0 Å². The monoisotopic (exact) mass is 476 g/mol. The molecule has 0 aliphatic heterocycles. The molecule has 0 aliphatic rings. The molecule has 34 heavy (non-hydrogen) atoms. The Kier molecular flexibility index (Phi) is 7.37. The van der Waals surface area contributed by atoms with Crippen molar-refractivity contribution in [2.75, 3.05) is 7.11 Å². The fourth-order valence-corrected chi connectivity index (χ4v) is 4.70. The van der Waals surface area contributed by atoms with E-state index in [0.29, 0.717) is 31.0 Å². The van der Waals surface area contributed by atoms with Gasteiger partial charge in [0.2, 0.25) is 17.6 Å². The van der Waals surface area contributed by atoms with Crippen LogP contribution in [0.5, 0.6) is 5.75 Å². The zero-order chi connectivity index (χ0) is 24.1. The number of aryl methyl sites for hydroxylation is 3. The molecule has 0 fully saturated rings. The summed E-state index contributed by atoms with van der Waals surface area (Å²) in [7, 11) is 1.62. The third-order valence-corrected chi connectivity index (χ3v) is 6.90. The summed E-state index contributed by atoms with van der Waals surface area (Å²) in [5, 5.41) is 8.10. The van der Waals surface area contributed by atoms with Crippen molar-refractivity contribution in [2.24, 2.45) is 0 Å². The van der Waals surface area contributed by atoms with Crippen LogP contribution in [0.15, 0.2) is 53.1 Å². The summed E-state index contributed by atoms with van der Waals surface area (Å²) >= 11 is 1.63. The van der Waals surface area contributed by atoms with Crippen LogP contribution in [0.3, 0.4) is 0 Å². The molecule has 1 amide bonds. The number of aromatic nitrogens is 3. The molecule has 0 aliphatic carbocycles. The van der Waals surface area contributed by atoms with Crippen LogP contribution in [0.4, 0.5) is 0 Å². The Morgan fingerprint density at radius 2 is 1.76 bits per heavy atom. The predicted molar refractivity (Wildman–Crippen MR) is 133 cm³/mol. The highest BCUT2D eigenvalue weighted by Gasteiger charge is 2.17. The highest BCUT2D eigenvalue weighted by molar-refractivity contribution is 7.15. The van der Waals surface area contributed by atoms with Gasteiger partial charge in [0.15, 0.2) is 0 Å². The number of amides is 1. The Bertz CT molecular complexity index is 1250.